The van der Waals surface area contributed by atoms with E-state index >= 15 is 0 Å². The van der Waals surface area contributed by atoms with Crippen LogP contribution in [0.4, 0.5) is 0 Å². The van der Waals surface area contributed by atoms with Crippen molar-refractivity contribution < 1.29 is 24.2 Å². The van der Waals surface area contributed by atoms with Crippen molar-refractivity contribution in [1.29, 1.82) is 0 Å². The van der Waals surface area contributed by atoms with Crippen LogP contribution in [0.2, 0.25) is 0 Å². The molecule has 16 heavy (non-hydrogen) atoms. The molecule has 2 rings (SSSR count). The highest BCUT2D eigenvalue weighted by Gasteiger charge is 2.26. The molecule has 0 saturated carbocycles. The van der Waals surface area contributed by atoms with Crippen LogP contribution in [0.1, 0.15) is 35.3 Å². The predicted octanol–water partition coefficient (Wildman–Crippen LogP) is 1.44. The highest BCUT2D eigenvalue weighted by Crippen LogP contribution is 2.29. The monoisotopic (exact) mass is 226 g/mol. The van der Waals surface area contributed by atoms with Crippen LogP contribution in [0.25, 0.3) is 0 Å². The number of aliphatic hydroxyl groups is 1. The number of furan rings is 1. The van der Waals surface area contributed by atoms with E-state index in [9.17, 15) is 9.90 Å². The second-order valence-corrected chi connectivity index (χ2v) is 3.93. The molecule has 1 saturated heterocycles. The summed E-state index contributed by atoms with van der Waals surface area (Å²) in [5.41, 5.74) is 0. The maximum Gasteiger partial charge on any atom is 0.371 e. The Kier molecular flexibility index (Phi) is 3.26. The first kappa shape index (κ1) is 11.2. The molecule has 1 fully saturated rings. The van der Waals surface area contributed by atoms with Crippen molar-refractivity contribution in [3.63, 3.8) is 0 Å². The van der Waals surface area contributed by atoms with Gasteiger partial charge in [0.05, 0.1) is 6.61 Å². The van der Waals surface area contributed by atoms with Gasteiger partial charge in [-0.2, -0.15) is 0 Å². The van der Waals surface area contributed by atoms with E-state index in [4.69, 9.17) is 14.3 Å². The molecular weight excluding hydrogens is 212 g/mol. The van der Waals surface area contributed by atoms with Crippen molar-refractivity contribution in [2.24, 2.45) is 5.92 Å². The SMILES string of the molecule is O=C(O)c1ccc(C(O)C2CCCOC2)o1. The standard InChI is InChI=1S/C11H14O5/c12-10(7-2-1-5-15-6-7)8-3-4-9(16-8)11(13)14/h3-4,7,10,12H,1-2,5-6H2,(H,13,14). The minimum Gasteiger partial charge on any atom is -0.475 e. The average Bonchev–Trinajstić information content (AvgIpc) is 2.78. The number of aromatic carboxylic acids is 1. The molecule has 1 aromatic heterocycles. The molecule has 2 N–H and O–H groups in total. The molecule has 0 bridgehead atoms. The van der Waals surface area contributed by atoms with Crippen molar-refractivity contribution in [3.8, 4) is 0 Å². The molecule has 5 nitrogen and oxygen atoms in total. The molecule has 1 aliphatic rings. The van der Waals surface area contributed by atoms with Crippen LogP contribution in [0.3, 0.4) is 0 Å². The number of hydrogen-bond donors (Lipinski definition) is 2. The second-order valence-electron chi connectivity index (χ2n) is 3.93. The van der Waals surface area contributed by atoms with Crippen molar-refractivity contribution >= 4 is 5.97 Å². The summed E-state index contributed by atoms with van der Waals surface area (Å²) in [6, 6.07) is 2.85. The van der Waals surface area contributed by atoms with E-state index in [-0.39, 0.29) is 11.7 Å². The molecule has 2 unspecified atom stereocenters. The molecule has 1 aliphatic heterocycles. The number of carbonyl (C=O) groups is 1. The summed E-state index contributed by atoms with van der Waals surface area (Å²) in [7, 11) is 0. The average molecular weight is 226 g/mol. The zero-order valence-electron chi connectivity index (χ0n) is 8.76. The fourth-order valence-corrected chi connectivity index (χ4v) is 1.87. The Hall–Kier alpha value is -1.33. The molecule has 2 atom stereocenters. The lowest BCUT2D eigenvalue weighted by Crippen LogP contribution is -2.23. The third-order valence-corrected chi connectivity index (χ3v) is 2.77. The lowest BCUT2D eigenvalue weighted by molar-refractivity contribution is -0.0182. The summed E-state index contributed by atoms with van der Waals surface area (Å²) in [5.74, 6) is -0.987. The van der Waals surface area contributed by atoms with Gasteiger partial charge in [-0.1, -0.05) is 0 Å². The summed E-state index contributed by atoms with van der Waals surface area (Å²) < 4.78 is 10.3. The van der Waals surface area contributed by atoms with Crippen LogP contribution in [-0.2, 0) is 4.74 Å². The van der Waals surface area contributed by atoms with Crippen LogP contribution in [-0.4, -0.2) is 29.4 Å². The number of carboxylic acids is 1. The molecule has 0 spiro atoms. The maximum absolute atomic E-state index is 10.6. The highest BCUT2D eigenvalue weighted by atomic mass is 16.5. The van der Waals surface area contributed by atoms with E-state index in [1.165, 1.54) is 12.1 Å². The first-order chi connectivity index (χ1) is 7.68. The van der Waals surface area contributed by atoms with Gasteiger partial charge in [0.1, 0.15) is 11.9 Å². The van der Waals surface area contributed by atoms with Gasteiger partial charge < -0.3 is 19.4 Å². The molecule has 0 aromatic carbocycles. The Morgan fingerprint density at radius 3 is 2.88 bits per heavy atom. The topological polar surface area (TPSA) is 79.9 Å². The number of carboxylic acid groups (broad SMARTS) is 1. The number of rotatable bonds is 3. The molecule has 88 valence electrons. The van der Waals surface area contributed by atoms with Crippen molar-refractivity contribution in [2.75, 3.05) is 13.2 Å². The van der Waals surface area contributed by atoms with Crippen LogP contribution in [0.5, 0.6) is 0 Å². The smallest absolute Gasteiger partial charge is 0.371 e. The van der Waals surface area contributed by atoms with Gasteiger partial charge in [0, 0.05) is 12.5 Å². The van der Waals surface area contributed by atoms with Crippen LogP contribution in [0, 0.1) is 5.92 Å². The van der Waals surface area contributed by atoms with Crippen LogP contribution in [0.15, 0.2) is 16.5 Å². The van der Waals surface area contributed by atoms with Gasteiger partial charge in [0.25, 0.3) is 0 Å². The molecule has 2 heterocycles. The normalized spacial score (nSPS) is 22.9. The predicted molar refractivity (Wildman–Crippen MR) is 54.2 cm³/mol. The van der Waals surface area contributed by atoms with E-state index in [1.807, 2.05) is 0 Å². The van der Waals surface area contributed by atoms with Gasteiger partial charge >= 0.3 is 5.97 Å². The number of hydrogen-bond acceptors (Lipinski definition) is 4. The third-order valence-electron chi connectivity index (χ3n) is 2.77. The first-order valence-corrected chi connectivity index (χ1v) is 5.27. The zero-order valence-corrected chi connectivity index (χ0v) is 8.76. The summed E-state index contributed by atoms with van der Waals surface area (Å²) in [6.45, 7) is 1.21. The zero-order chi connectivity index (χ0) is 11.5. The maximum atomic E-state index is 10.6. The molecule has 1 aromatic rings. The number of ether oxygens (including phenoxy) is 1. The Balaban J connectivity index is 2.07. The molecular formula is C11H14O5. The van der Waals surface area contributed by atoms with E-state index in [2.05, 4.69) is 0 Å². The Labute approximate surface area is 92.6 Å². The van der Waals surface area contributed by atoms with Crippen LogP contribution >= 0.6 is 0 Å². The molecule has 0 radical (unpaired) electrons. The van der Waals surface area contributed by atoms with Crippen LogP contribution < -0.4 is 0 Å². The summed E-state index contributed by atoms with van der Waals surface area (Å²) in [6.07, 6.45) is 0.992. The van der Waals surface area contributed by atoms with Crippen molar-refractivity contribution in [3.05, 3.63) is 23.7 Å². The minimum atomic E-state index is -1.13. The van der Waals surface area contributed by atoms with E-state index in [0.717, 1.165) is 19.4 Å². The van der Waals surface area contributed by atoms with Gasteiger partial charge in [-0.25, -0.2) is 4.79 Å². The number of aliphatic hydroxyl groups excluding tert-OH is 1. The van der Waals surface area contributed by atoms with Gasteiger partial charge in [0.15, 0.2) is 0 Å². The van der Waals surface area contributed by atoms with Crippen molar-refractivity contribution in [1.82, 2.24) is 0 Å². The van der Waals surface area contributed by atoms with Gasteiger partial charge in [-0.3, -0.25) is 0 Å². The van der Waals surface area contributed by atoms with E-state index in [0.29, 0.717) is 12.4 Å². The third kappa shape index (κ3) is 2.25. The largest absolute Gasteiger partial charge is 0.475 e. The van der Waals surface area contributed by atoms with Gasteiger partial charge in [0.2, 0.25) is 5.76 Å². The Morgan fingerprint density at radius 2 is 2.31 bits per heavy atom. The van der Waals surface area contributed by atoms with E-state index < -0.39 is 12.1 Å². The first-order valence-electron chi connectivity index (χ1n) is 5.27. The van der Waals surface area contributed by atoms with Gasteiger partial charge in [-0.05, 0) is 25.0 Å². The molecule has 0 aliphatic carbocycles. The lowest BCUT2D eigenvalue weighted by atomic mass is 9.94. The van der Waals surface area contributed by atoms with Gasteiger partial charge in [-0.15, -0.1) is 0 Å². The summed E-state index contributed by atoms with van der Waals surface area (Å²) >= 11 is 0. The van der Waals surface area contributed by atoms with Crippen molar-refractivity contribution in [2.45, 2.75) is 18.9 Å². The van der Waals surface area contributed by atoms with E-state index in [1.54, 1.807) is 0 Å². The fraction of sp³-hybridized carbons (Fsp3) is 0.545. The second kappa shape index (κ2) is 4.67. The Morgan fingerprint density at radius 1 is 1.50 bits per heavy atom. The fourth-order valence-electron chi connectivity index (χ4n) is 1.87. The molecule has 5 heteroatoms. The lowest BCUT2D eigenvalue weighted by Gasteiger charge is -2.25. The Bertz CT molecular complexity index is 364. The molecule has 0 amide bonds. The summed E-state index contributed by atoms with van der Waals surface area (Å²) in [4.78, 5) is 10.6. The summed E-state index contributed by atoms with van der Waals surface area (Å²) in [5, 5.41) is 18.7. The minimum absolute atomic E-state index is 0.0125. The highest BCUT2D eigenvalue weighted by molar-refractivity contribution is 5.84. The quantitative estimate of drug-likeness (QED) is 0.815.